The van der Waals surface area contributed by atoms with Crippen molar-refractivity contribution in [2.45, 2.75) is 39.2 Å². The van der Waals surface area contributed by atoms with Gasteiger partial charge in [-0.3, -0.25) is 5.32 Å². The quantitative estimate of drug-likeness (QED) is 0.726. The molecule has 1 heterocycles. The Morgan fingerprint density at radius 3 is 2.87 bits per heavy atom. The number of amides is 2. The van der Waals surface area contributed by atoms with Gasteiger partial charge in [0, 0.05) is 13.0 Å². The summed E-state index contributed by atoms with van der Waals surface area (Å²) in [6.45, 7) is 4.18. The second-order valence-electron chi connectivity index (χ2n) is 5.31. The molecule has 1 aromatic carbocycles. The van der Waals surface area contributed by atoms with Crippen molar-refractivity contribution in [1.29, 1.82) is 0 Å². The van der Waals surface area contributed by atoms with Crippen molar-refractivity contribution in [3.8, 4) is 0 Å². The first-order valence-corrected chi connectivity index (χ1v) is 8.52. The molecule has 23 heavy (non-hydrogen) atoms. The van der Waals surface area contributed by atoms with E-state index in [0.29, 0.717) is 5.13 Å². The third kappa shape index (κ3) is 5.30. The van der Waals surface area contributed by atoms with E-state index in [1.807, 2.05) is 31.2 Å². The number of urea groups is 1. The molecular formula is C16H22N4O2S. The van der Waals surface area contributed by atoms with Crippen molar-refractivity contribution >= 4 is 22.5 Å². The van der Waals surface area contributed by atoms with Crippen LogP contribution in [0.4, 0.5) is 9.93 Å². The summed E-state index contributed by atoms with van der Waals surface area (Å²) < 4.78 is 0. The highest BCUT2D eigenvalue weighted by Gasteiger charge is 2.12. The molecule has 0 aliphatic heterocycles. The number of hydrogen-bond acceptors (Lipinski definition) is 5. The maximum Gasteiger partial charge on any atom is 0.321 e. The normalized spacial score (nSPS) is 12.0. The lowest BCUT2D eigenvalue weighted by Crippen LogP contribution is -2.32. The zero-order chi connectivity index (χ0) is 16.7. The predicted molar refractivity (Wildman–Crippen MR) is 91.7 cm³/mol. The van der Waals surface area contributed by atoms with Gasteiger partial charge in [-0.15, -0.1) is 10.2 Å². The summed E-state index contributed by atoms with van der Waals surface area (Å²) in [5.41, 5.74) is 1.80. The number of rotatable bonds is 7. The Kier molecular flexibility index (Phi) is 6.49. The van der Waals surface area contributed by atoms with Gasteiger partial charge in [-0.25, -0.2) is 4.79 Å². The molecule has 0 saturated heterocycles. The summed E-state index contributed by atoms with van der Waals surface area (Å²) in [5.74, 6) is 0. The number of carbonyl (C=O) groups is 1. The van der Waals surface area contributed by atoms with Crippen LogP contribution in [0.1, 0.15) is 42.0 Å². The number of benzene rings is 1. The minimum Gasteiger partial charge on any atom is -0.387 e. The highest BCUT2D eigenvalue weighted by molar-refractivity contribution is 7.15. The molecular weight excluding hydrogens is 312 g/mol. The van der Waals surface area contributed by atoms with Gasteiger partial charge in [0.1, 0.15) is 5.01 Å². The van der Waals surface area contributed by atoms with Crippen LogP contribution < -0.4 is 10.6 Å². The summed E-state index contributed by atoms with van der Waals surface area (Å²) in [7, 11) is 0. The molecule has 0 aliphatic carbocycles. The number of carbonyl (C=O) groups excluding carboxylic acids is 1. The molecule has 0 radical (unpaired) electrons. The van der Waals surface area contributed by atoms with Gasteiger partial charge in [0.2, 0.25) is 5.13 Å². The van der Waals surface area contributed by atoms with Crippen molar-refractivity contribution in [2.24, 2.45) is 0 Å². The van der Waals surface area contributed by atoms with Crippen molar-refractivity contribution in [3.05, 3.63) is 40.4 Å². The first kappa shape index (κ1) is 17.4. The van der Waals surface area contributed by atoms with Crippen LogP contribution in [0, 0.1) is 6.92 Å². The molecule has 1 unspecified atom stereocenters. The number of aliphatic hydroxyl groups is 1. The largest absolute Gasteiger partial charge is 0.387 e. The Bertz CT molecular complexity index is 645. The number of aryl methyl sites for hydroxylation is 2. The van der Waals surface area contributed by atoms with E-state index >= 15 is 0 Å². The number of aromatic nitrogens is 2. The first-order valence-electron chi connectivity index (χ1n) is 7.71. The predicted octanol–water partition coefficient (Wildman–Crippen LogP) is 3.04. The zero-order valence-electron chi connectivity index (χ0n) is 13.4. The first-order chi connectivity index (χ1) is 11.1. The monoisotopic (exact) mass is 334 g/mol. The molecule has 7 heteroatoms. The van der Waals surface area contributed by atoms with Crippen molar-refractivity contribution < 1.29 is 9.90 Å². The van der Waals surface area contributed by atoms with Gasteiger partial charge in [-0.1, -0.05) is 48.9 Å². The van der Waals surface area contributed by atoms with Crippen LogP contribution in [0.2, 0.25) is 0 Å². The molecule has 0 spiro atoms. The van der Waals surface area contributed by atoms with Crippen molar-refractivity contribution in [1.82, 2.24) is 15.5 Å². The van der Waals surface area contributed by atoms with Gasteiger partial charge in [0.15, 0.2) is 0 Å². The fourth-order valence-corrected chi connectivity index (χ4v) is 2.91. The Hall–Kier alpha value is -1.99. The lowest BCUT2D eigenvalue weighted by atomic mass is 10.0. The maximum absolute atomic E-state index is 11.9. The van der Waals surface area contributed by atoms with E-state index in [9.17, 15) is 9.90 Å². The number of anilines is 1. The van der Waals surface area contributed by atoms with E-state index in [0.717, 1.165) is 35.4 Å². The van der Waals surface area contributed by atoms with Crippen LogP contribution in [0.15, 0.2) is 24.3 Å². The van der Waals surface area contributed by atoms with Gasteiger partial charge in [0.25, 0.3) is 0 Å². The van der Waals surface area contributed by atoms with Crippen LogP contribution in [-0.2, 0) is 6.42 Å². The Labute approximate surface area is 140 Å². The lowest BCUT2D eigenvalue weighted by Gasteiger charge is -2.14. The molecule has 0 fully saturated rings. The van der Waals surface area contributed by atoms with Crippen LogP contribution in [0.3, 0.4) is 0 Å². The van der Waals surface area contributed by atoms with Gasteiger partial charge in [0.05, 0.1) is 6.10 Å². The highest BCUT2D eigenvalue weighted by Crippen LogP contribution is 2.18. The smallest absolute Gasteiger partial charge is 0.321 e. The van der Waals surface area contributed by atoms with E-state index in [2.05, 4.69) is 27.8 Å². The molecule has 2 rings (SSSR count). The van der Waals surface area contributed by atoms with Gasteiger partial charge in [-0.05, 0) is 24.5 Å². The minimum absolute atomic E-state index is 0.137. The van der Waals surface area contributed by atoms with Crippen molar-refractivity contribution in [2.75, 3.05) is 11.9 Å². The van der Waals surface area contributed by atoms with Gasteiger partial charge < -0.3 is 10.4 Å². The summed E-state index contributed by atoms with van der Waals surface area (Å²) in [6, 6.07) is 7.17. The SMILES string of the molecule is CCCCc1nnc(NC(=O)NCC(O)c2ccccc2C)s1. The van der Waals surface area contributed by atoms with E-state index < -0.39 is 12.1 Å². The molecule has 2 amide bonds. The second-order valence-corrected chi connectivity index (χ2v) is 6.37. The maximum atomic E-state index is 11.9. The summed E-state index contributed by atoms with van der Waals surface area (Å²) >= 11 is 1.38. The lowest BCUT2D eigenvalue weighted by molar-refractivity contribution is 0.174. The Morgan fingerprint density at radius 2 is 2.13 bits per heavy atom. The number of nitrogens with one attached hydrogen (secondary N) is 2. The van der Waals surface area contributed by atoms with E-state index in [4.69, 9.17) is 0 Å². The standard InChI is InChI=1S/C16H22N4O2S/c1-3-4-9-14-19-20-16(23-14)18-15(22)17-10-13(21)12-8-6-5-7-11(12)2/h5-8,13,21H,3-4,9-10H2,1-2H3,(H2,17,18,20,22). The number of hydrogen-bond donors (Lipinski definition) is 3. The highest BCUT2D eigenvalue weighted by atomic mass is 32.1. The van der Waals surface area contributed by atoms with Crippen LogP contribution in [0.25, 0.3) is 0 Å². The summed E-state index contributed by atoms with van der Waals surface area (Å²) in [6.07, 6.45) is 2.29. The fourth-order valence-electron chi connectivity index (χ4n) is 2.13. The molecule has 6 nitrogen and oxygen atoms in total. The number of aliphatic hydroxyl groups excluding tert-OH is 1. The summed E-state index contributed by atoms with van der Waals surface area (Å²) in [4.78, 5) is 11.9. The molecule has 0 saturated carbocycles. The number of unbranched alkanes of at least 4 members (excludes halogenated alkanes) is 1. The van der Waals surface area contributed by atoms with E-state index in [1.165, 1.54) is 11.3 Å². The molecule has 124 valence electrons. The van der Waals surface area contributed by atoms with Crippen LogP contribution in [0.5, 0.6) is 0 Å². The average molecular weight is 334 g/mol. The fraction of sp³-hybridized carbons (Fsp3) is 0.438. The second kappa shape index (κ2) is 8.59. The minimum atomic E-state index is -0.739. The third-order valence-corrected chi connectivity index (χ3v) is 4.33. The van der Waals surface area contributed by atoms with Gasteiger partial charge >= 0.3 is 6.03 Å². The summed E-state index contributed by atoms with van der Waals surface area (Å²) in [5, 5.41) is 24.8. The van der Waals surface area contributed by atoms with Gasteiger partial charge in [-0.2, -0.15) is 0 Å². The zero-order valence-corrected chi connectivity index (χ0v) is 14.2. The number of nitrogens with zero attached hydrogens (tertiary/aromatic N) is 2. The van der Waals surface area contributed by atoms with Crippen molar-refractivity contribution in [3.63, 3.8) is 0 Å². The Balaban J connectivity index is 1.81. The topological polar surface area (TPSA) is 87.1 Å². The molecule has 1 atom stereocenters. The average Bonchev–Trinajstić information content (AvgIpc) is 2.98. The Morgan fingerprint density at radius 1 is 1.35 bits per heavy atom. The molecule has 3 N–H and O–H groups in total. The molecule has 2 aromatic rings. The van der Waals surface area contributed by atoms with E-state index in [1.54, 1.807) is 0 Å². The molecule has 0 bridgehead atoms. The molecule has 0 aliphatic rings. The molecule has 1 aromatic heterocycles. The third-order valence-electron chi connectivity index (χ3n) is 3.43. The van der Waals surface area contributed by atoms with Crippen LogP contribution in [-0.4, -0.2) is 27.9 Å². The van der Waals surface area contributed by atoms with E-state index in [-0.39, 0.29) is 6.54 Å². The van der Waals surface area contributed by atoms with Crippen LogP contribution >= 0.6 is 11.3 Å².